The molecule has 0 spiro atoms. The lowest BCUT2D eigenvalue weighted by atomic mass is 10.0. The Bertz CT molecular complexity index is 1410. The summed E-state index contributed by atoms with van der Waals surface area (Å²) in [4.78, 5) is 31.5. The molecule has 0 radical (unpaired) electrons. The molecular weight excluding hydrogens is 420 g/mol. The van der Waals surface area contributed by atoms with Crippen LogP contribution >= 0.6 is 0 Å². The Labute approximate surface area is 190 Å². The number of rotatable bonds is 8. The number of nitrogens with zero attached hydrogens (tertiary/aromatic N) is 1. The van der Waals surface area contributed by atoms with Gasteiger partial charge in [0.05, 0.1) is 30.8 Å². The zero-order valence-corrected chi connectivity index (χ0v) is 18.8. The highest BCUT2D eigenvalue weighted by atomic mass is 16.5. The summed E-state index contributed by atoms with van der Waals surface area (Å²) in [5, 5.41) is 5.58. The van der Waals surface area contributed by atoms with Crippen LogP contribution in [0.3, 0.4) is 0 Å². The molecule has 0 aliphatic heterocycles. The lowest BCUT2D eigenvalue weighted by Crippen LogP contribution is -2.15. The number of aromatic nitrogens is 2. The van der Waals surface area contributed by atoms with Crippen LogP contribution in [0.5, 0.6) is 11.5 Å². The summed E-state index contributed by atoms with van der Waals surface area (Å²) in [6.45, 7) is 6.69. The molecule has 4 N–H and O–H groups in total. The maximum Gasteiger partial charge on any atom is 0.255 e. The van der Waals surface area contributed by atoms with Gasteiger partial charge in [-0.05, 0) is 44.5 Å². The predicted octanol–water partition coefficient (Wildman–Crippen LogP) is 3.95. The Morgan fingerprint density at radius 3 is 2.55 bits per heavy atom. The fourth-order valence-corrected chi connectivity index (χ4v) is 3.98. The van der Waals surface area contributed by atoms with E-state index in [4.69, 9.17) is 15.2 Å². The molecule has 33 heavy (non-hydrogen) atoms. The van der Waals surface area contributed by atoms with Crippen molar-refractivity contribution in [1.29, 1.82) is 0 Å². The quantitative estimate of drug-likeness (QED) is 0.377. The Morgan fingerprint density at radius 2 is 1.85 bits per heavy atom. The van der Waals surface area contributed by atoms with Gasteiger partial charge >= 0.3 is 0 Å². The third kappa shape index (κ3) is 4.32. The van der Waals surface area contributed by atoms with Crippen molar-refractivity contribution in [2.75, 3.05) is 18.5 Å². The second kappa shape index (κ2) is 9.20. The van der Waals surface area contributed by atoms with Crippen LogP contribution < -0.4 is 26.1 Å². The summed E-state index contributed by atoms with van der Waals surface area (Å²) in [7, 11) is 0. The number of pyridine rings is 2. The van der Waals surface area contributed by atoms with Gasteiger partial charge in [-0.15, -0.1) is 0 Å². The van der Waals surface area contributed by atoms with Crippen molar-refractivity contribution < 1.29 is 14.3 Å². The molecule has 2 aromatic heterocycles. The van der Waals surface area contributed by atoms with E-state index in [1.54, 1.807) is 18.5 Å². The molecule has 0 unspecified atom stereocenters. The van der Waals surface area contributed by atoms with Gasteiger partial charge in [-0.2, -0.15) is 0 Å². The molecule has 1 amide bonds. The number of ether oxygens (including phenoxy) is 2. The van der Waals surface area contributed by atoms with Crippen LogP contribution in [0, 0.1) is 6.92 Å². The van der Waals surface area contributed by atoms with Crippen molar-refractivity contribution >= 4 is 39.0 Å². The number of hydrogen-bond donors (Lipinski definition) is 3. The van der Waals surface area contributed by atoms with Gasteiger partial charge in [0, 0.05) is 45.9 Å². The van der Waals surface area contributed by atoms with E-state index in [1.807, 2.05) is 45.0 Å². The summed E-state index contributed by atoms with van der Waals surface area (Å²) < 4.78 is 11.6. The molecule has 2 aromatic carbocycles. The Morgan fingerprint density at radius 1 is 1.12 bits per heavy atom. The number of carbonyl (C=O) groups excluding carboxylic acids is 1. The van der Waals surface area contributed by atoms with Crippen LogP contribution in [-0.2, 0) is 11.2 Å². The van der Waals surface area contributed by atoms with E-state index in [0.29, 0.717) is 46.9 Å². The summed E-state index contributed by atoms with van der Waals surface area (Å²) >= 11 is 0. The van der Waals surface area contributed by atoms with Crippen LogP contribution in [0.1, 0.15) is 25.0 Å². The second-order valence-electron chi connectivity index (χ2n) is 7.64. The molecule has 170 valence electrons. The van der Waals surface area contributed by atoms with Gasteiger partial charge in [-0.1, -0.05) is 6.07 Å². The van der Waals surface area contributed by atoms with Gasteiger partial charge in [0.15, 0.2) is 11.5 Å². The number of amides is 1. The van der Waals surface area contributed by atoms with Gasteiger partial charge in [0.25, 0.3) is 5.56 Å². The molecule has 8 heteroatoms. The molecule has 2 heterocycles. The first-order valence-corrected chi connectivity index (χ1v) is 10.8. The van der Waals surface area contributed by atoms with Crippen LogP contribution in [0.15, 0.2) is 47.5 Å². The molecular formula is C25H26N4O4. The van der Waals surface area contributed by atoms with E-state index in [2.05, 4.69) is 15.3 Å². The van der Waals surface area contributed by atoms with Crippen LogP contribution in [0.25, 0.3) is 21.7 Å². The minimum absolute atomic E-state index is 0.00673. The van der Waals surface area contributed by atoms with Gasteiger partial charge in [-0.25, -0.2) is 0 Å². The van der Waals surface area contributed by atoms with Gasteiger partial charge in [-0.3, -0.25) is 14.6 Å². The zero-order chi connectivity index (χ0) is 23.5. The summed E-state index contributed by atoms with van der Waals surface area (Å²) in [5.74, 6) is 0.708. The average Bonchev–Trinajstić information content (AvgIpc) is 2.78. The molecule has 8 nitrogen and oxygen atoms in total. The maximum atomic E-state index is 12.4. The number of fused-ring (bicyclic) bond motifs is 2. The molecule has 0 saturated heterocycles. The first-order valence-electron chi connectivity index (χ1n) is 10.8. The standard InChI is InChI=1S/C25H26N4O4/c1-4-32-20-10-17-19(11-21(20)33-5-2)27-13-15(9-22(26)30)24(17)29-18-8-6-7-16-23(18)14(3)12-28-25(16)31/h6-8,10-13H,4-5,9H2,1-3H3,(H2,26,30)(H,27,29)(H,28,31). The highest BCUT2D eigenvalue weighted by Crippen LogP contribution is 2.38. The van der Waals surface area contributed by atoms with Crippen LogP contribution in [-0.4, -0.2) is 29.1 Å². The molecule has 0 atom stereocenters. The van der Waals surface area contributed by atoms with E-state index in [9.17, 15) is 9.59 Å². The monoisotopic (exact) mass is 446 g/mol. The molecule has 0 bridgehead atoms. The number of hydrogen-bond acceptors (Lipinski definition) is 6. The molecule has 0 aliphatic rings. The second-order valence-corrected chi connectivity index (χ2v) is 7.64. The Hall–Kier alpha value is -4.07. The van der Waals surface area contributed by atoms with Crippen LogP contribution in [0.2, 0.25) is 0 Å². The summed E-state index contributed by atoms with van der Waals surface area (Å²) in [6.07, 6.45) is 3.33. The van der Waals surface area contributed by atoms with E-state index >= 15 is 0 Å². The number of anilines is 2. The minimum Gasteiger partial charge on any atom is -0.490 e. The van der Waals surface area contributed by atoms with E-state index in [1.165, 1.54) is 0 Å². The van der Waals surface area contributed by atoms with Gasteiger partial charge in [0.1, 0.15) is 0 Å². The SMILES string of the molecule is CCOc1cc2ncc(CC(N)=O)c(Nc3cccc4c(=O)[nH]cc(C)c34)c2cc1OCC. The zero-order valence-electron chi connectivity index (χ0n) is 18.8. The highest BCUT2D eigenvalue weighted by Gasteiger charge is 2.17. The number of nitrogens with one attached hydrogen (secondary N) is 2. The summed E-state index contributed by atoms with van der Waals surface area (Å²) in [5.41, 5.74) is 8.99. The van der Waals surface area contributed by atoms with E-state index in [-0.39, 0.29) is 12.0 Å². The Balaban J connectivity index is 1.97. The molecule has 0 fully saturated rings. The third-order valence-electron chi connectivity index (χ3n) is 5.36. The lowest BCUT2D eigenvalue weighted by Gasteiger charge is -2.18. The number of benzene rings is 2. The van der Waals surface area contributed by atoms with Crippen molar-refractivity contribution in [3.8, 4) is 11.5 Å². The smallest absolute Gasteiger partial charge is 0.255 e. The minimum atomic E-state index is -0.472. The number of aryl methyl sites for hydroxylation is 1. The lowest BCUT2D eigenvalue weighted by molar-refractivity contribution is -0.117. The van der Waals surface area contributed by atoms with Gasteiger partial charge in [0.2, 0.25) is 5.91 Å². The van der Waals surface area contributed by atoms with E-state index in [0.717, 1.165) is 22.0 Å². The molecule has 0 saturated carbocycles. The van der Waals surface area contributed by atoms with Crippen molar-refractivity contribution in [2.45, 2.75) is 27.2 Å². The molecule has 4 rings (SSSR count). The summed E-state index contributed by atoms with van der Waals surface area (Å²) in [6, 6.07) is 9.17. The normalized spacial score (nSPS) is 11.0. The number of carbonyl (C=O) groups is 1. The predicted molar refractivity (Wildman–Crippen MR) is 130 cm³/mol. The topological polar surface area (TPSA) is 119 Å². The average molecular weight is 447 g/mol. The van der Waals surface area contributed by atoms with Crippen molar-refractivity contribution in [1.82, 2.24) is 9.97 Å². The number of aromatic amines is 1. The first kappa shape index (κ1) is 22.1. The fourth-order valence-electron chi connectivity index (χ4n) is 3.98. The molecule has 4 aromatic rings. The van der Waals surface area contributed by atoms with Crippen molar-refractivity contribution in [2.24, 2.45) is 5.73 Å². The third-order valence-corrected chi connectivity index (χ3v) is 5.36. The number of nitrogens with two attached hydrogens (primary N) is 1. The van der Waals surface area contributed by atoms with Crippen LogP contribution in [0.4, 0.5) is 11.4 Å². The first-order chi connectivity index (χ1) is 15.9. The van der Waals surface area contributed by atoms with Crippen molar-refractivity contribution in [3.05, 3.63) is 64.2 Å². The highest BCUT2D eigenvalue weighted by molar-refractivity contribution is 6.03. The maximum absolute atomic E-state index is 12.4. The van der Waals surface area contributed by atoms with Crippen molar-refractivity contribution in [3.63, 3.8) is 0 Å². The fraction of sp³-hybridized carbons (Fsp3) is 0.240. The van der Waals surface area contributed by atoms with E-state index < -0.39 is 5.91 Å². The number of H-pyrrole nitrogens is 1. The number of primary amides is 1. The molecule has 0 aliphatic carbocycles. The largest absolute Gasteiger partial charge is 0.490 e. The Kier molecular flexibility index (Phi) is 6.17. The van der Waals surface area contributed by atoms with Gasteiger partial charge < -0.3 is 25.5 Å².